The van der Waals surface area contributed by atoms with E-state index in [2.05, 4.69) is 5.32 Å². The Morgan fingerprint density at radius 3 is 2.32 bits per heavy atom. The molecule has 0 heterocycles. The van der Waals surface area contributed by atoms with E-state index in [4.69, 9.17) is 0 Å². The lowest BCUT2D eigenvalue weighted by molar-refractivity contribution is 0.462. The van der Waals surface area contributed by atoms with Gasteiger partial charge >= 0.3 is 0 Å². The molecule has 108 valence electrons. The summed E-state index contributed by atoms with van der Waals surface area (Å²) < 4.78 is 26.6. The lowest BCUT2D eigenvalue weighted by Crippen LogP contribution is -2.34. The van der Waals surface area contributed by atoms with Gasteiger partial charge in [0.2, 0.25) is 10.0 Å². The summed E-state index contributed by atoms with van der Waals surface area (Å²) in [5.41, 5.74) is 0.652. The Bertz CT molecular complexity index is 518. The predicted molar refractivity (Wildman–Crippen MR) is 78.9 cm³/mol. The molecule has 1 aromatic carbocycles. The smallest absolute Gasteiger partial charge is 0.243 e. The Balaban J connectivity index is 3.22. The van der Waals surface area contributed by atoms with Crippen LogP contribution in [0.3, 0.4) is 0 Å². The van der Waals surface area contributed by atoms with Crippen LogP contribution in [0, 0.1) is 0 Å². The van der Waals surface area contributed by atoms with Gasteiger partial charge in [-0.3, -0.25) is 0 Å². The number of hydrogen-bond acceptors (Lipinski definition) is 3. The van der Waals surface area contributed by atoms with Crippen molar-refractivity contribution >= 4 is 10.0 Å². The van der Waals surface area contributed by atoms with E-state index in [1.165, 1.54) is 4.31 Å². The van der Waals surface area contributed by atoms with Crippen molar-refractivity contribution in [2.75, 3.05) is 27.2 Å². The summed E-state index contributed by atoms with van der Waals surface area (Å²) in [7, 11) is -0.00543. The maximum Gasteiger partial charge on any atom is 0.243 e. The second-order valence-corrected chi connectivity index (χ2v) is 7.69. The highest BCUT2D eigenvalue weighted by Crippen LogP contribution is 2.29. The van der Waals surface area contributed by atoms with E-state index in [-0.39, 0.29) is 5.41 Å². The van der Waals surface area contributed by atoms with Crippen molar-refractivity contribution in [3.8, 4) is 0 Å². The molecule has 0 unspecified atom stereocenters. The Kier molecular flexibility index (Phi) is 5.12. The van der Waals surface area contributed by atoms with E-state index in [1.807, 2.05) is 40.0 Å². The van der Waals surface area contributed by atoms with Crippen molar-refractivity contribution in [2.45, 2.75) is 31.1 Å². The van der Waals surface area contributed by atoms with Gasteiger partial charge < -0.3 is 5.32 Å². The molecular formula is C14H24N2O2S. The zero-order valence-corrected chi connectivity index (χ0v) is 13.2. The van der Waals surface area contributed by atoms with E-state index in [9.17, 15) is 8.42 Å². The summed E-state index contributed by atoms with van der Waals surface area (Å²) in [6.45, 7) is 7.16. The van der Waals surface area contributed by atoms with Crippen LogP contribution < -0.4 is 5.32 Å². The molecule has 0 spiro atoms. The van der Waals surface area contributed by atoms with Gasteiger partial charge in [0.25, 0.3) is 0 Å². The average Bonchev–Trinajstić information content (AvgIpc) is 2.34. The SMILES string of the molecule is CNCCN(C)S(=O)(=O)c1ccccc1C(C)(C)C. The molecule has 0 saturated carbocycles. The predicted octanol–water partition coefficient (Wildman–Crippen LogP) is 1.82. The largest absolute Gasteiger partial charge is 0.318 e. The highest BCUT2D eigenvalue weighted by Gasteiger charge is 2.27. The van der Waals surface area contributed by atoms with Crippen molar-refractivity contribution in [1.29, 1.82) is 0 Å². The molecule has 0 bridgehead atoms. The zero-order chi connectivity index (χ0) is 14.7. The first-order valence-electron chi connectivity index (χ1n) is 6.41. The number of hydrogen-bond donors (Lipinski definition) is 1. The third-order valence-corrected chi connectivity index (χ3v) is 4.98. The van der Waals surface area contributed by atoms with Gasteiger partial charge in [-0.2, -0.15) is 4.31 Å². The first kappa shape index (κ1) is 16.1. The van der Waals surface area contributed by atoms with Gasteiger partial charge in [-0.05, 0) is 24.1 Å². The number of rotatable bonds is 5. The van der Waals surface area contributed by atoms with Crippen molar-refractivity contribution < 1.29 is 8.42 Å². The molecule has 5 heteroatoms. The third kappa shape index (κ3) is 3.78. The van der Waals surface area contributed by atoms with Crippen LogP contribution in [0.25, 0.3) is 0 Å². The summed E-state index contributed by atoms with van der Waals surface area (Å²) in [5, 5.41) is 2.96. The number of nitrogens with one attached hydrogen (secondary N) is 1. The minimum atomic E-state index is -3.43. The molecule has 0 aliphatic heterocycles. The van der Waals surface area contributed by atoms with E-state index >= 15 is 0 Å². The number of nitrogens with zero attached hydrogens (tertiary/aromatic N) is 1. The molecule has 0 aliphatic carbocycles. The van der Waals surface area contributed by atoms with Gasteiger partial charge in [-0.15, -0.1) is 0 Å². The van der Waals surface area contributed by atoms with Gasteiger partial charge in [0.1, 0.15) is 0 Å². The maximum absolute atomic E-state index is 12.6. The fourth-order valence-corrected chi connectivity index (χ4v) is 3.44. The third-order valence-electron chi connectivity index (χ3n) is 3.06. The van der Waals surface area contributed by atoms with Crippen molar-refractivity contribution in [3.63, 3.8) is 0 Å². The Hall–Kier alpha value is -0.910. The minimum absolute atomic E-state index is 0.201. The fourth-order valence-electron chi connectivity index (χ4n) is 1.87. The summed E-state index contributed by atoms with van der Waals surface area (Å²) in [4.78, 5) is 0.404. The van der Waals surface area contributed by atoms with Crippen LogP contribution in [0.15, 0.2) is 29.2 Å². The highest BCUT2D eigenvalue weighted by molar-refractivity contribution is 7.89. The standard InChI is InChI=1S/C14H24N2O2S/c1-14(2,3)12-8-6-7-9-13(12)19(17,18)16(5)11-10-15-4/h6-9,15H,10-11H2,1-5H3. The topological polar surface area (TPSA) is 49.4 Å². The van der Waals surface area contributed by atoms with Crippen LogP contribution >= 0.6 is 0 Å². The van der Waals surface area contributed by atoms with Gasteiger partial charge in [0, 0.05) is 20.1 Å². The summed E-state index contributed by atoms with van der Waals surface area (Å²) >= 11 is 0. The summed E-state index contributed by atoms with van der Waals surface area (Å²) in [6, 6.07) is 7.23. The van der Waals surface area contributed by atoms with Gasteiger partial charge in [-0.1, -0.05) is 39.0 Å². The second-order valence-electron chi connectivity index (χ2n) is 5.68. The lowest BCUT2D eigenvalue weighted by atomic mass is 9.87. The lowest BCUT2D eigenvalue weighted by Gasteiger charge is -2.25. The molecule has 1 rings (SSSR count). The van der Waals surface area contributed by atoms with Crippen LogP contribution in [0.2, 0.25) is 0 Å². The summed E-state index contributed by atoms with van der Waals surface area (Å²) in [5.74, 6) is 0. The Morgan fingerprint density at radius 1 is 1.21 bits per heavy atom. The van der Waals surface area contributed by atoms with Gasteiger partial charge in [0.05, 0.1) is 4.90 Å². The average molecular weight is 284 g/mol. The van der Waals surface area contributed by atoms with Crippen LogP contribution in [0.1, 0.15) is 26.3 Å². The van der Waals surface area contributed by atoms with Gasteiger partial charge in [0.15, 0.2) is 0 Å². The monoisotopic (exact) mass is 284 g/mol. The van der Waals surface area contributed by atoms with Crippen molar-refractivity contribution in [1.82, 2.24) is 9.62 Å². The molecule has 0 fully saturated rings. The molecule has 1 aromatic rings. The van der Waals surface area contributed by atoms with E-state index in [1.54, 1.807) is 19.2 Å². The highest BCUT2D eigenvalue weighted by atomic mass is 32.2. The zero-order valence-electron chi connectivity index (χ0n) is 12.4. The molecule has 0 amide bonds. The quantitative estimate of drug-likeness (QED) is 0.897. The van der Waals surface area contributed by atoms with E-state index in [0.717, 1.165) is 5.56 Å². The second kappa shape index (κ2) is 6.03. The van der Waals surface area contributed by atoms with Crippen LogP contribution in [0.4, 0.5) is 0 Å². The van der Waals surface area contributed by atoms with Crippen LogP contribution in [0.5, 0.6) is 0 Å². The first-order valence-corrected chi connectivity index (χ1v) is 7.85. The number of sulfonamides is 1. The minimum Gasteiger partial charge on any atom is -0.318 e. The van der Waals surface area contributed by atoms with Crippen LogP contribution in [-0.2, 0) is 15.4 Å². The molecule has 0 atom stereocenters. The first-order chi connectivity index (χ1) is 8.71. The fraction of sp³-hybridized carbons (Fsp3) is 0.571. The molecule has 0 saturated heterocycles. The Labute approximate surface area is 116 Å². The normalized spacial score (nSPS) is 12.9. The molecule has 19 heavy (non-hydrogen) atoms. The molecule has 1 N–H and O–H groups in total. The Morgan fingerprint density at radius 2 is 1.79 bits per heavy atom. The molecule has 0 radical (unpaired) electrons. The number of likely N-dealkylation sites (N-methyl/N-ethyl adjacent to an activating group) is 2. The molecule has 0 aromatic heterocycles. The van der Waals surface area contributed by atoms with Crippen molar-refractivity contribution in [2.24, 2.45) is 0 Å². The van der Waals surface area contributed by atoms with Gasteiger partial charge in [-0.25, -0.2) is 8.42 Å². The summed E-state index contributed by atoms with van der Waals surface area (Å²) in [6.07, 6.45) is 0. The van der Waals surface area contributed by atoms with E-state index < -0.39 is 10.0 Å². The van der Waals surface area contributed by atoms with E-state index in [0.29, 0.717) is 18.0 Å². The molecule has 0 aliphatic rings. The number of benzene rings is 1. The van der Waals surface area contributed by atoms with Crippen LogP contribution in [-0.4, -0.2) is 39.9 Å². The molecule has 4 nitrogen and oxygen atoms in total. The van der Waals surface area contributed by atoms with Crippen molar-refractivity contribution in [3.05, 3.63) is 29.8 Å². The maximum atomic E-state index is 12.6. The molecular weight excluding hydrogens is 260 g/mol.